The SMILES string of the molecule is CC[C@@]1(O)C(=O)OCc2c1cc1n(c2=O)Cc2cc3cc(C#CC(C)(C)O)ccc3nc2-1. The van der Waals surface area contributed by atoms with Crippen LogP contribution in [0.2, 0.25) is 0 Å². The average Bonchev–Trinajstić information content (AvgIpc) is 3.11. The highest BCUT2D eigenvalue weighted by Crippen LogP contribution is 2.38. The van der Waals surface area contributed by atoms with Crippen LogP contribution in [0.4, 0.5) is 0 Å². The van der Waals surface area contributed by atoms with E-state index >= 15 is 0 Å². The van der Waals surface area contributed by atoms with Gasteiger partial charge in [0, 0.05) is 22.1 Å². The second-order valence-corrected chi connectivity index (χ2v) is 8.82. The smallest absolute Gasteiger partial charge is 0.343 e. The normalized spacial score (nSPS) is 19.0. The minimum absolute atomic E-state index is 0.105. The molecule has 32 heavy (non-hydrogen) atoms. The van der Waals surface area contributed by atoms with Gasteiger partial charge in [-0.25, -0.2) is 9.78 Å². The zero-order chi connectivity index (χ0) is 22.8. The number of cyclic esters (lactones) is 1. The summed E-state index contributed by atoms with van der Waals surface area (Å²) in [5.41, 5.74) is 1.01. The van der Waals surface area contributed by atoms with E-state index in [2.05, 4.69) is 11.8 Å². The van der Waals surface area contributed by atoms with Crippen LogP contribution >= 0.6 is 0 Å². The molecule has 0 bridgehead atoms. The van der Waals surface area contributed by atoms with Gasteiger partial charge in [-0.1, -0.05) is 18.8 Å². The number of aromatic nitrogens is 2. The summed E-state index contributed by atoms with van der Waals surface area (Å²) in [7, 11) is 0. The highest BCUT2D eigenvalue weighted by Gasteiger charge is 2.45. The van der Waals surface area contributed by atoms with E-state index in [1.54, 1.807) is 31.4 Å². The van der Waals surface area contributed by atoms with Crippen molar-refractivity contribution in [2.24, 2.45) is 0 Å². The van der Waals surface area contributed by atoms with Crippen LogP contribution in [0.3, 0.4) is 0 Å². The lowest BCUT2D eigenvalue weighted by Gasteiger charge is -2.31. The van der Waals surface area contributed by atoms with Crippen molar-refractivity contribution in [1.29, 1.82) is 0 Å². The fourth-order valence-corrected chi connectivity index (χ4v) is 4.29. The predicted octanol–water partition coefficient (Wildman–Crippen LogP) is 2.20. The first-order chi connectivity index (χ1) is 15.1. The number of hydrogen-bond acceptors (Lipinski definition) is 6. The van der Waals surface area contributed by atoms with Crippen LogP contribution in [0.15, 0.2) is 35.1 Å². The lowest BCUT2D eigenvalue weighted by atomic mass is 9.86. The van der Waals surface area contributed by atoms with Crippen molar-refractivity contribution in [3.05, 3.63) is 62.9 Å². The highest BCUT2D eigenvalue weighted by molar-refractivity contribution is 5.87. The van der Waals surface area contributed by atoms with Crippen LogP contribution < -0.4 is 5.56 Å². The third kappa shape index (κ3) is 3.03. The second kappa shape index (κ2) is 6.76. The van der Waals surface area contributed by atoms with E-state index in [1.807, 2.05) is 24.3 Å². The van der Waals surface area contributed by atoms with Crippen LogP contribution in [-0.2, 0) is 28.3 Å². The van der Waals surface area contributed by atoms with E-state index in [9.17, 15) is 19.8 Å². The van der Waals surface area contributed by atoms with E-state index in [-0.39, 0.29) is 18.6 Å². The van der Waals surface area contributed by atoms with Crippen LogP contribution in [0.5, 0.6) is 0 Å². The molecule has 4 heterocycles. The summed E-state index contributed by atoms with van der Waals surface area (Å²) >= 11 is 0. The Labute approximate surface area is 184 Å². The predicted molar refractivity (Wildman–Crippen MR) is 118 cm³/mol. The Morgan fingerprint density at radius 3 is 2.75 bits per heavy atom. The number of pyridine rings is 2. The zero-order valence-corrected chi connectivity index (χ0v) is 18.0. The van der Waals surface area contributed by atoms with Crippen LogP contribution in [-0.4, -0.2) is 31.3 Å². The van der Waals surface area contributed by atoms with Gasteiger partial charge in [-0.05, 0) is 50.6 Å². The average molecular weight is 430 g/mol. The summed E-state index contributed by atoms with van der Waals surface area (Å²) in [4.78, 5) is 30.2. The summed E-state index contributed by atoms with van der Waals surface area (Å²) in [6.45, 7) is 5.13. The molecule has 0 radical (unpaired) electrons. The molecule has 0 saturated carbocycles. The van der Waals surface area contributed by atoms with Gasteiger partial charge in [0.25, 0.3) is 5.56 Å². The van der Waals surface area contributed by atoms with E-state index in [1.165, 1.54) is 0 Å². The maximum Gasteiger partial charge on any atom is 0.343 e. The number of rotatable bonds is 1. The molecule has 0 fully saturated rings. The van der Waals surface area contributed by atoms with Crippen LogP contribution in [0.1, 0.15) is 49.4 Å². The summed E-state index contributed by atoms with van der Waals surface area (Å²) in [5, 5.41) is 21.7. The van der Waals surface area contributed by atoms with Gasteiger partial charge in [-0.15, -0.1) is 0 Å². The highest BCUT2D eigenvalue weighted by atomic mass is 16.6. The molecule has 2 N–H and O–H groups in total. The first-order valence-corrected chi connectivity index (χ1v) is 10.5. The molecule has 0 saturated heterocycles. The van der Waals surface area contributed by atoms with Gasteiger partial charge in [0.2, 0.25) is 0 Å². The number of carbonyl (C=O) groups is 1. The molecule has 0 spiro atoms. The van der Waals surface area contributed by atoms with Crippen molar-refractivity contribution in [1.82, 2.24) is 9.55 Å². The molecule has 7 nitrogen and oxygen atoms in total. The van der Waals surface area contributed by atoms with Crippen molar-refractivity contribution in [2.75, 3.05) is 0 Å². The fourth-order valence-electron chi connectivity index (χ4n) is 4.29. The topological polar surface area (TPSA) is 102 Å². The molecular formula is C25H22N2O5. The Morgan fingerprint density at radius 2 is 2.03 bits per heavy atom. The molecule has 0 amide bonds. The maximum atomic E-state index is 13.2. The number of benzene rings is 1. The largest absolute Gasteiger partial charge is 0.458 e. The Morgan fingerprint density at radius 1 is 1.25 bits per heavy atom. The van der Waals surface area contributed by atoms with Gasteiger partial charge in [-0.2, -0.15) is 0 Å². The first-order valence-electron chi connectivity index (χ1n) is 10.5. The van der Waals surface area contributed by atoms with Gasteiger partial charge < -0.3 is 19.5 Å². The number of esters is 1. The minimum atomic E-state index is -1.84. The van der Waals surface area contributed by atoms with E-state index in [0.717, 1.165) is 22.0 Å². The summed E-state index contributed by atoms with van der Waals surface area (Å²) in [6.07, 6.45) is 0.105. The Kier molecular flexibility index (Phi) is 4.32. The van der Waals surface area contributed by atoms with E-state index < -0.39 is 17.2 Å². The van der Waals surface area contributed by atoms with Crippen molar-refractivity contribution in [3.63, 3.8) is 0 Å². The monoisotopic (exact) mass is 430 g/mol. The second-order valence-electron chi connectivity index (χ2n) is 8.82. The summed E-state index contributed by atoms with van der Waals surface area (Å²) < 4.78 is 6.71. The third-order valence-electron chi connectivity index (χ3n) is 6.02. The molecule has 1 aromatic carbocycles. The fraction of sp³-hybridized carbons (Fsp3) is 0.320. The first kappa shape index (κ1) is 20.4. The molecule has 162 valence electrons. The molecule has 7 heteroatoms. The molecular weight excluding hydrogens is 408 g/mol. The lowest BCUT2D eigenvalue weighted by molar-refractivity contribution is -0.172. The molecule has 1 atom stereocenters. The van der Waals surface area contributed by atoms with Crippen LogP contribution in [0, 0.1) is 11.8 Å². The minimum Gasteiger partial charge on any atom is -0.458 e. The van der Waals surface area contributed by atoms with Gasteiger partial charge in [0.1, 0.15) is 12.2 Å². The Balaban J connectivity index is 1.66. The van der Waals surface area contributed by atoms with E-state index in [0.29, 0.717) is 29.1 Å². The van der Waals surface area contributed by atoms with Crippen molar-refractivity contribution < 1.29 is 19.7 Å². The van der Waals surface area contributed by atoms with E-state index in [4.69, 9.17) is 9.72 Å². The third-order valence-corrected chi connectivity index (χ3v) is 6.02. The Hall–Kier alpha value is -3.47. The Bertz CT molecular complexity index is 1440. The molecule has 2 aromatic heterocycles. The lowest BCUT2D eigenvalue weighted by Crippen LogP contribution is -2.44. The number of nitrogens with zero attached hydrogens (tertiary/aromatic N) is 2. The van der Waals surface area contributed by atoms with Gasteiger partial charge >= 0.3 is 5.97 Å². The van der Waals surface area contributed by atoms with Crippen molar-refractivity contribution >= 4 is 16.9 Å². The van der Waals surface area contributed by atoms with Crippen molar-refractivity contribution in [3.8, 4) is 23.2 Å². The standard InChI is InChI=1S/C25H22N2O5/c1-4-25(31)18-11-20-21-16(12-27(20)22(28)17(18)13-32-23(25)29)10-15-9-14(5-6-19(15)26-21)7-8-24(2,3)30/h5-6,9-11,30-31H,4,12-13H2,1-3H3/t25-/m0/s1. The zero-order valence-electron chi connectivity index (χ0n) is 18.0. The molecule has 0 unspecified atom stereocenters. The van der Waals surface area contributed by atoms with Crippen LogP contribution in [0.25, 0.3) is 22.3 Å². The van der Waals surface area contributed by atoms with Gasteiger partial charge in [0.05, 0.1) is 29.0 Å². The number of fused-ring (bicyclic) bond motifs is 5. The molecule has 0 aliphatic carbocycles. The molecule has 2 aliphatic rings. The summed E-state index contributed by atoms with van der Waals surface area (Å²) in [5.74, 6) is 5.04. The van der Waals surface area contributed by atoms with Crippen molar-refractivity contribution in [2.45, 2.75) is 51.5 Å². The number of hydrogen-bond donors (Lipinski definition) is 2. The number of aliphatic hydroxyl groups is 2. The molecule has 5 rings (SSSR count). The number of carbonyl (C=O) groups excluding carboxylic acids is 1. The quantitative estimate of drug-likeness (QED) is 0.355. The molecule has 2 aliphatic heterocycles. The maximum absolute atomic E-state index is 13.2. The number of ether oxygens (including phenoxy) is 1. The molecule has 3 aromatic rings. The van der Waals surface area contributed by atoms with Gasteiger partial charge in [-0.3, -0.25) is 4.79 Å². The van der Waals surface area contributed by atoms with Gasteiger partial charge in [0.15, 0.2) is 5.60 Å². The summed E-state index contributed by atoms with van der Waals surface area (Å²) in [6, 6.07) is 9.27.